The maximum Gasteiger partial charge on any atom is 0.241 e. The fraction of sp³-hybridized carbons (Fsp3) is 0.231. The van der Waals surface area contributed by atoms with E-state index in [0.29, 0.717) is 11.3 Å². The Morgan fingerprint density at radius 3 is 2.70 bits per heavy atom. The molecule has 2 aromatic rings. The van der Waals surface area contributed by atoms with Gasteiger partial charge in [0.25, 0.3) is 0 Å². The van der Waals surface area contributed by atoms with Gasteiger partial charge in [-0.05, 0) is 43.2 Å². The van der Waals surface area contributed by atoms with Crippen molar-refractivity contribution in [3.63, 3.8) is 0 Å². The Morgan fingerprint density at radius 1 is 1.40 bits per heavy atom. The Balaban J connectivity index is 2.37. The number of benzene rings is 1. The van der Waals surface area contributed by atoms with Gasteiger partial charge in [-0.1, -0.05) is 0 Å². The molecule has 0 amide bonds. The van der Waals surface area contributed by atoms with E-state index < -0.39 is 15.8 Å². The molecule has 0 spiro atoms. The number of rotatable bonds is 4. The fourth-order valence-electron chi connectivity index (χ4n) is 2.00. The maximum atomic E-state index is 13.5. The van der Waals surface area contributed by atoms with Crippen LogP contribution >= 0.6 is 0 Å². The van der Waals surface area contributed by atoms with Crippen LogP contribution in [0.1, 0.15) is 16.9 Å². The molecule has 2 rings (SSSR count). The fourth-order valence-corrected chi connectivity index (χ4v) is 3.47. The number of nitrogens with one attached hydrogen (secondary N) is 1. The van der Waals surface area contributed by atoms with Crippen LogP contribution in [0.3, 0.4) is 0 Å². The zero-order valence-electron chi connectivity index (χ0n) is 11.1. The highest BCUT2D eigenvalue weighted by molar-refractivity contribution is 7.89. The Bertz CT molecular complexity index is 725. The minimum Gasteiger partial charge on any atom is -0.468 e. The number of halogens is 1. The van der Waals surface area contributed by atoms with Crippen molar-refractivity contribution in [2.45, 2.75) is 25.3 Å². The summed E-state index contributed by atoms with van der Waals surface area (Å²) < 4.78 is 45.5. The number of furan rings is 1. The summed E-state index contributed by atoms with van der Waals surface area (Å²) in [6, 6.07) is 4.43. The lowest BCUT2D eigenvalue weighted by Crippen LogP contribution is -2.25. The molecule has 20 heavy (non-hydrogen) atoms. The summed E-state index contributed by atoms with van der Waals surface area (Å²) in [5.74, 6) is -0.135. The van der Waals surface area contributed by atoms with Gasteiger partial charge in [0.15, 0.2) is 0 Å². The third-order valence-electron chi connectivity index (χ3n) is 2.99. The number of aryl methyl sites for hydroxylation is 1. The standard InChI is InChI=1S/C13H15FN2O3S/c1-8-6-11(14)12(15)9(2)13(8)20(17,18)16-7-10-4-3-5-19-10/h3-6,16H,7,15H2,1-2H3. The average Bonchev–Trinajstić information content (AvgIpc) is 2.86. The van der Waals surface area contributed by atoms with Gasteiger partial charge in [0.05, 0.1) is 23.4 Å². The molecule has 7 heteroatoms. The molecule has 0 atom stereocenters. The molecule has 0 saturated heterocycles. The minimum atomic E-state index is -3.79. The van der Waals surface area contributed by atoms with Crippen LogP contribution in [0.5, 0.6) is 0 Å². The molecule has 0 fully saturated rings. The summed E-state index contributed by atoms with van der Waals surface area (Å²) >= 11 is 0. The molecular weight excluding hydrogens is 283 g/mol. The Hall–Kier alpha value is -1.86. The van der Waals surface area contributed by atoms with E-state index in [2.05, 4.69) is 4.72 Å². The molecule has 0 aliphatic carbocycles. The normalized spacial score (nSPS) is 11.8. The molecule has 0 aliphatic rings. The smallest absolute Gasteiger partial charge is 0.241 e. The molecule has 5 nitrogen and oxygen atoms in total. The minimum absolute atomic E-state index is 0.00274. The molecule has 3 N–H and O–H groups in total. The monoisotopic (exact) mass is 298 g/mol. The zero-order valence-corrected chi connectivity index (χ0v) is 11.9. The summed E-state index contributed by atoms with van der Waals surface area (Å²) in [4.78, 5) is 0.00274. The van der Waals surface area contributed by atoms with E-state index in [-0.39, 0.29) is 22.7 Å². The molecule has 1 heterocycles. The van der Waals surface area contributed by atoms with Crippen LogP contribution in [0.4, 0.5) is 10.1 Å². The van der Waals surface area contributed by atoms with Gasteiger partial charge >= 0.3 is 0 Å². The topological polar surface area (TPSA) is 85.3 Å². The van der Waals surface area contributed by atoms with Crippen molar-refractivity contribution in [2.24, 2.45) is 0 Å². The van der Waals surface area contributed by atoms with E-state index in [1.807, 2.05) is 0 Å². The average molecular weight is 298 g/mol. The van der Waals surface area contributed by atoms with Gasteiger partial charge in [0.1, 0.15) is 11.6 Å². The zero-order chi connectivity index (χ0) is 14.9. The van der Waals surface area contributed by atoms with E-state index in [0.717, 1.165) is 6.07 Å². The van der Waals surface area contributed by atoms with Gasteiger partial charge in [0, 0.05) is 0 Å². The van der Waals surface area contributed by atoms with Crippen molar-refractivity contribution in [1.29, 1.82) is 0 Å². The predicted molar refractivity (Wildman–Crippen MR) is 73.0 cm³/mol. The quantitative estimate of drug-likeness (QED) is 0.846. The van der Waals surface area contributed by atoms with E-state index in [1.54, 1.807) is 12.1 Å². The summed E-state index contributed by atoms with van der Waals surface area (Å²) in [5.41, 5.74) is 5.90. The van der Waals surface area contributed by atoms with Crippen LogP contribution in [0.15, 0.2) is 33.8 Å². The van der Waals surface area contributed by atoms with Crippen LogP contribution in [-0.4, -0.2) is 8.42 Å². The Labute approximate surface area is 116 Å². The lowest BCUT2D eigenvalue weighted by Gasteiger charge is -2.14. The van der Waals surface area contributed by atoms with Gasteiger partial charge in [0.2, 0.25) is 10.0 Å². The molecular formula is C13H15FN2O3S. The second-order valence-electron chi connectivity index (χ2n) is 4.45. The second kappa shape index (κ2) is 5.26. The second-order valence-corrected chi connectivity index (χ2v) is 6.15. The molecule has 0 aliphatic heterocycles. The summed E-state index contributed by atoms with van der Waals surface area (Å²) in [6.45, 7) is 3.02. The third-order valence-corrected chi connectivity index (χ3v) is 4.68. The highest BCUT2D eigenvalue weighted by Gasteiger charge is 2.22. The van der Waals surface area contributed by atoms with Crippen molar-refractivity contribution in [3.05, 3.63) is 47.2 Å². The first-order chi connectivity index (χ1) is 9.33. The van der Waals surface area contributed by atoms with Crippen molar-refractivity contribution < 1.29 is 17.2 Å². The van der Waals surface area contributed by atoms with Gasteiger partial charge < -0.3 is 10.2 Å². The predicted octanol–water partition coefficient (Wildman–Crippen LogP) is 2.10. The molecule has 108 valence electrons. The van der Waals surface area contributed by atoms with E-state index in [9.17, 15) is 12.8 Å². The van der Waals surface area contributed by atoms with Gasteiger partial charge in [-0.2, -0.15) is 0 Å². The summed E-state index contributed by atoms with van der Waals surface area (Å²) in [5, 5.41) is 0. The number of nitrogen functional groups attached to an aromatic ring is 1. The van der Waals surface area contributed by atoms with Crippen LogP contribution < -0.4 is 10.5 Å². The van der Waals surface area contributed by atoms with E-state index in [4.69, 9.17) is 10.2 Å². The number of nitrogens with two attached hydrogens (primary N) is 1. The number of hydrogen-bond acceptors (Lipinski definition) is 4. The maximum absolute atomic E-state index is 13.5. The highest BCUT2D eigenvalue weighted by Crippen LogP contribution is 2.27. The first-order valence-corrected chi connectivity index (χ1v) is 7.38. The van der Waals surface area contributed by atoms with Crippen LogP contribution in [0.2, 0.25) is 0 Å². The van der Waals surface area contributed by atoms with Crippen molar-refractivity contribution in [3.8, 4) is 0 Å². The van der Waals surface area contributed by atoms with Crippen molar-refractivity contribution >= 4 is 15.7 Å². The molecule has 1 aromatic heterocycles. The summed E-state index contributed by atoms with van der Waals surface area (Å²) in [6.07, 6.45) is 1.45. The molecule has 0 saturated carbocycles. The molecule has 0 unspecified atom stereocenters. The number of sulfonamides is 1. The lowest BCUT2D eigenvalue weighted by molar-refractivity contribution is 0.498. The van der Waals surface area contributed by atoms with Crippen molar-refractivity contribution in [1.82, 2.24) is 4.72 Å². The summed E-state index contributed by atoms with van der Waals surface area (Å²) in [7, 11) is -3.79. The SMILES string of the molecule is Cc1cc(F)c(N)c(C)c1S(=O)(=O)NCc1ccco1. The largest absolute Gasteiger partial charge is 0.468 e. The first kappa shape index (κ1) is 14.5. The number of anilines is 1. The van der Waals surface area contributed by atoms with Crippen LogP contribution in [-0.2, 0) is 16.6 Å². The Morgan fingerprint density at radius 2 is 2.10 bits per heavy atom. The number of hydrogen-bond donors (Lipinski definition) is 2. The Kier molecular flexibility index (Phi) is 3.82. The van der Waals surface area contributed by atoms with Gasteiger partial charge in [-0.25, -0.2) is 17.5 Å². The first-order valence-electron chi connectivity index (χ1n) is 5.90. The van der Waals surface area contributed by atoms with Crippen molar-refractivity contribution in [2.75, 3.05) is 5.73 Å². The third kappa shape index (κ3) is 2.68. The lowest BCUT2D eigenvalue weighted by atomic mass is 10.1. The van der Waals surface area contributed by atoms with Gasteiger partial charge in [-0.3, -0.25) is 0 Å². The van der Waals surface area contributed by atoms with E-state index in [1.165, 1.54) is 20.1 Å². The molecule has 0 radical (unpaired) electrons. The molecule has 0 bridgehead atoms. The molecule has 1 aromatic carbocycles. The highest BCUT2D eigenvalue weighted by atomic mass is 32.2. The van der Waals surface area contributed by atoms with Crippen LogP contribution in [0.25, 0.3) is 0 Å². The van der Waals surface area contributed by atoms with E-state index >= 15 is 0 Å². The van der Waals surface area contributed by atoms with Gasteiger partial charge in [-0.15, -0.1) is 0 Å². The van der Waals surface area contributed by atoms with Crippen LogP contribution in [0, 0.1) is 19.7 Å².